The molecule has 1 aromatic carbocycles. The van der Waals surface area contributed by atoms with E-state index in [1.807, 2.05) is 35.7 Å². The van der Waals surface area contributed by atoms with Crippen LogP contribution in [0.4, 0.5) is 5.69 Å². The number of thiazole rings is 1. The van der Waals surface area contributed by atoms with Gasteiger partial charge in [0.05, 0.1) is 24.9 Å². The van der Waals surface area contributed by atoms with E-state index in [4.69, 9.17) is 10.2 Å². The molecule has 0 fully saturated rings. The molecule has 2 heterocycles. The van der Waals surface area contributed by atoms with E-state index in [1.165, 1.54) is 11.3 Å². The Balaban J connectivity index is 1.60. The number of hydrogen-bond acceptors (Lipinski definition) is 5. The maximum atomic E-state index is 11.9. The molecule has 3 rings (SSSR count). The number of rotatable bonds is 5. The minimum absolute atomic E-state index is 0.0788. The molecule has 0 radical (unpaired) electrons. The fourth-order valence-corrected chi connectivity index (χ4v) is 2.82. The molecule has 0 saturated heterocycles. The summed E-state index contributed by atoms with van der Waals surface area (Å²) in [6.07, 6.45) is 1.84. The van der Waals surface area contributed by atoms with E-state index in [0.29, 0.717) is 12.2 Å². The van der Waals surface area contributed by atoms with E-state index < -0.39 is 0 Å². The highest BCUT2D eigenvalue weighted by molar-refractivity contribution is 7.10. The van der Waals surface area contributed by atoms with E-state index in [9.17, 15) is 4.79 Å². The molecule has 0 aliphatic heterocycles. The number of aromatic nitrogens is 1. The van der Waals surface area contributed by atoms with E-state index in [2.05, 4.69) is 10.3 Å². The van der Waals surface area contributed by atoms with E-state index in [1.54, 1.807) is 12.3 Å². The molecule has 3 aromatic rings. The van der Waals surface area contributed by atoms with Gasteiger partial charge in [-0.25, -0.2) is 4.98 Å². The van der Waals surface area contributed by atoms with Crippen molar-refractivity contribution in [2.45, 2.75) is 13.0 Å². The summed E-state index contributed by atoms with van der Waals surface area (Å²) in [5.74, 6) is 0.651. The van der Waals surface area contributed by atoms with Crippen molar-refractivity contribution in [1.29, 1.82) is 0 Å². The molecule has 22 heavy (non-hydrogen) atoms. The molecule has 2 aromatic heterocycles. The van der Waals surface area contributed by atoms with E-state index >= 15 is 0 Å². The zero-order chi connectivity index (χ0) is 15.4. The Morgan fingerprint density at radius 3 is 3.00 bits per heavy atom. The highest BCUT2D eigenvalue weighted by Crippen LogP contribution is 2.23. The van der Waals surface area contributed by atoms with Gasteiger partial charge in [0.1, 0.15) is 10.8 Å². The number of anilines is 1. The molecule has 0 saturated carbocycles. The lowest BCUT2D eigenvalue weighted by atomic mass is 10.1. The average molecular weight is 313 g/mol. The number of hydrogen-bond donors (Lipinski definition) is 2. The smallest absolute Gasteiger partial charge is 0.227 e. The zero-order valence-electron chi connectivity index (χ0n) is 11.8. The summed E-state index contributed by atoms with van der Waals surface area (Å²) in [5, 5.41) is 5.51. The van der Waals surface area contributed by atoms with Crippen molar-refractivity contribution in [2.24, 2.45) is 0 Å². The summed E-state index contributed by atoms with van der Waals surface area (Å²) < 4.78 is 5.17. The van der Waals surface area contributed by atoms with Crippen LogP contribution in [0.25, 0.3) is 11.3 Å². The van der Waals surface area contributed by atoms with Crippen LogP contribution in [0.5, 0.6) is 0 Å². The summed E-state index contributed by atoms with van der Waals surface area (Å²) in [4.78, 5) is 16.4. The van der Waals surface area contributed by atoms with E-state index in [0.717, 1.165) is 22.0 Å². The van der Waals surface area contributed by atoms with Gasteiger partial charge in [0.2, 0.25) is 5.91 Å². The lowest BCUT2D eigenvalue weighted by Gasteiger charge is -2.01. The largest absolute Gasteiger partial charge is 0.467 e. The van der Waals surface area contributed by atoms with Crippen LogP contribution < -0.4 is 11.1 Å². The van der Waals surface area contributed by atoms with Crippen molar-refractivity contribution in [1.82, 2.24) is 10.3 Å². The van der Waals surface area contributed by atoms with Gasteiger partial charge in [0.15, 0.2) is 0 Å². The van der Waals surface area contributed by atoms with Gasteiger partial charge in [-0.15, -0.1) is 11.3 Å². The normalized spacial score (nSPS) is 10.5. The van der Waals surface area contributed by atoms with Crippen LogP contribution in [0.1, 0.15) is 10.8 Å². The van der Waals surface area contributed by atoms with Crippen LogP contribution >= 0.6 is 11.3 Å². The predicted molar refractivity (Wildman–Crippen MR) is 86.2 cm³/mol. The van der Waals surface area contributed by atoms with Gasteiger partial charge >= 0.3 is 0 Å². The maximum absolute atomic E-state index is 11.9. The number of nitrogen functional groups attached to an aromatic ring is 1. The van der Waals surface area contributed by atoms with Gasteiger partial charge in [0, 0.05) is 16.6 Å². The van der Waals surface area contributed by atoms with E-state index in [-0.39, 0.29) is 12.3 Å². The monoisotopic (exact) mass is 313 g/mol. The highest BCUT2D eigenvalue weighted by atomic mass is 32.1. The van der Waals surface area contributed by atoms with Crippen LogP contribution in [-0.4, -0.2) is 10.9 Å². The lowest BCUT2D eigenvalue weighted by Crippen LogP contribution is -2.24. The van der Waals surface area contributed by atoms with Gasteiger partial charge in [0.25, 0.3) is 0 Å². The Labute approximate surface area is 131 Å². The number of carbonyl (C=O) groups excluding carboxylic acids is 1. The Morgan fingerprint density at radius 2 is 2.23 bits per heavy atom. The Hall–Kier alpha value is -2.60. The average Bonchev–Trinajstić information content (AvgIpc) is 3.16. The molecular formula is C16H15N3O2S. The first-order valence-electron chi connectivity index (χ1n) is 6.80. The fraction of sp³-hybridized carbons (Fsp3) is 0.125. The molecule has 5 nitrogen and oxygen atoms in total. The van der Waals surface area contributed by atoms with Gasteiger partial charge in [-0.1, -0.05) is 12.1 Å². The third-order valence-electron chi connectivity index (χ3n) is 3.09. The van der Waals surface area contributed by atoms with Crippen molar-refractivity contribution in [3.05, 3.63) is 58.8 Å². The molecule has 3 N–H and O–H groups in total. The van der Waals surface area contributed by atoms with Crippen LogP contribution in [-0.2, 0) is 17.8 Å². The van der Waals surface area contributed by atoms with Crippen molar-refractivity contribution in [3.8, 4) is 11.3 Å². The second-order valence-electron chi connectivity index (χ2n) is 4.78. The van der Waals surface area contributed by atoms with Crippen molar-refractivity contribution < 1.29 is 9.21 Å². The number of nitrogens with zero attached hydrogens (tertiary/aromatic N) is 1. The first kappa shape index (κ1) is 14.3. The summed E-state index contributed by atoms with van der Waals surface area (Å²) in [6.45, 7) is 0.388. The van der Waals surface area contributed by atoms with Crippen LogP contribution in [0.2, 0.25) is 0 Å². The Bertz CT molecular complexity index is 765. The second-order valence-corrected chi connectivity index (χ2v) is 5.73. The van der Waals surface area contributed by atoms with Crippen molar-refractivity contribution in [3.63, 3.8) is 0 Å². The van der Waals surface area contributed by atoms with Crippen molar-refractivity contribution >= 4 is 22.9 Å². The Kier molecular flexibility index (Phi) is 4.20. The number of carbonyl (C=O) groups is 1. The highest BCUT2D eigenvalue weighted by Gasteiger charge is 2.09. The standard InChI is InChI=1S/C16H15N3O2S/c17-12-4-1-3-11(7-12)14-10-22-16(19-14)8-15(20)18-9-13-5-2-6-21-13/h1-7,10H,8-9,17H2,(H,18,20). The Morgan fingerprint density at radius 1 is 1.32 bits per heavy atom. The van der Waals surface area contributed by atoms with Gasteiger partial charge in [-0.2, -0.15) is 0 Å². The number of nitrogens with two attached hydrogens (primary N) is 1. The van der Waals surface area contributed by atoms with Crippen LogP contribution in [0, 0.1) is 0 Å². The fourth-order valence-electron chi connectivity index (χ4n) is 2.02. The van der Waals surface area contributed by atoms with Gasteiger partial charge in [-0.05, 0) is 24.3 Å². The number of benzene rings is 1. The predicted octanol–water partition coefficient (Wildman–Crippen LogP) is 2.84. The van der Waals surface area contributed by atoms with Crippen molar-refractivity contribution in [2.75, 3.05) is 5.73 Å². The molecule has 0 aliphatic rings. The quantitative estimate of drug-likeness (QED) is 0.710. The first-order chi connectivity index (χ1) is 10.7. The number of nitrogens with one attached hydrogen (secondary N) is 1. The van der Waals surface area contributed by atoms with Crippen LogP contribution in [0.15, 0.2) is 52.5 Å². The first-order valence-corrected chi connectivity index (χ1v) is 7.68. The van der Waals surface area contributed by atoms with Gasteiger partial charge in [-0.3, -0.25) is 4.79 Å². The molecule has 0 unspecified atom stereocenters. The molecule has 1 amide bonds. The lowest BCUT2D eigenvalue weighted by molar-refractivity contribution is -0.120. The molecule has 0 bridgehead atoms. The maximum Gasteiger partial charge on any atom is 0.227 e. The molecule has 112 valence electrons. The van der Waals surface area contributed by atoms with Crippen LogP contribution in [0.3, 0.4) is 0 Å². The third kappa shape index (κ3) is 3.53. The number of furan rings is 1. The van der Waals surface area contributed by atoms with Gasteiger partial charge < -0.3 is 15.5 Å². The molecule has 0 atom stereocenters. The molecule has 0 aliphatic carbocycles. The topological polar surface area (TPSA) is 81.2 Å². The summed E-state index contributed by atoms with van der Waals surface area (Å²) in [5.41, 5.74) is 8.27. The minimum atomic E-state index is -0.0788. The summed E-state index contributed by atoms with van der Waals surface area (Å²) >= 11 is 1.47. The third-order valence-corrected chi connectivity index (χ3v) is 3.93. The molecular weight excluding hydrogens is 298 g/mol. The minimum Gasteiger partial charge on any atom is -0.467 e. The molecule has 6 heteroatoms. The molecule has 0 spiro atoms. The summed E-state index contributed by atoms with van der Waals surface area (Å²) in [6, 6.07) is 11.2. The summed E-state index contributed by atoms with van der Waals surface area (Å²) in [7, 11) is 0. The SMILES string of the molecule is Nc1cccc(-c2csc(CC(=O)NCc3ccco3)n2)c1. The second kappa shape index (κ2) is 6.44. The zero-order valence-corrected chi connectivity index (χ0v) is 12.6. The number of amides is 1.